The second-order valence-corrected chi connectivity index (χ2v) is 8.84. The summed E-state index contributed by atoms with van der Waals surface area (Å²) >= 11 is 6.26. The summed E-state index contributed by atoms with van der Waals surface area (Å²) in [7, 11) is 0. The summed E-state index contributed by atoms with van der Waals surface area (Å²) in [6, 6.07) is 14.6. The molecule has 2 aromatic carbocycles. The summed E-state index contributed by atoms with van der Waals surface area (Å²) in [5.74, 6) is 1.15. The van der Waals surface area contributed by atoms with Crippen LogP contribution < -0.4 is 15.0 Å². The van der Waals surface area contributed by atoms with Gasteiger partial charge in [0.05, 0.1) is 5.69 Å². The number of nitrogens with zero attached hydrogens (tertiary/aromatic N) is 1. The topological polar surface area (TPSA) is 58.6 Å². The van der Waals surface area contributed by atoms with Crippen LogP contribution in [0.2, 0.25) is 5.02 Å². The minimum Gasteiger partial charge on any atom is -0.449 e. The molecule has 1 heterocycles. The average molecular weight is 439 g/mol. The molecule has 0 aromatic heterocycles. The quantitative estimate of drug-likeness (QED) is 0.679. The number of hydrogen-bond acceptors (Lipinski definition) is 3. The Morgan fingerprint density at radius 2 is 1.90 bits per heavy atom. The van der Waals surface area contributed by atoms with Crippen LogP contribution in [0, 0.1) is 11.8 Å². The van der Waals surface area contributed by atoms with Crippen molar-refractivity contribution in [1.82, 2.24) is 5.32 Å². The number of nitrogens with one attached hydrogen (secondary N) is 1. The maximum atomic E-state index is 13.3. The van der Waals surface area contributed by atoms with E-state index >= 15 is 0 Å². The van der Waals surface area contributed by atoms with Gasteiger partial charge in [0, 0.05) is 11.1 Å². The monoisotopic (exact) mass is 438 g/mol. The maximum absolute atomic E-state index is 13.3. The van der Waals surface area contributed by atoms with Gasteiger partial charge in [0.2, 0.25) is 5.91 Å². The zero-order valence-electron chi connectivity index (χ0n) is 17.8. The normalized spacial score (nSPS) is 24.5. The van der Waals surface area contributed by atoms with E-state index in [-0.39, 0.29) is 30.2 Å². The van der Waals surface area contributed by atoms with Gasteiger partial charge < -0.3 is 10.1 Å². The zero-order valence-corrected chi connectivity index (χ0v) is 18.6. The predicted octanol–water partition coefficient (Wildman–Crippen LogP) is 5.05. The Balaban J connectivity index is 1.58. The van der Waals surface area contributed by atoms with Crippen LogP contribution in [0.4, 0.5) is 5.69 Å². The summed E-state index contributed by atoms with van der Waals surface area (Å²) in [6.45, 7) is 4.36. The van der Waals surface area contributed by atoms with Crippen LogP contribution in [0.3, 0.4) is 0 Å². The molecule has 3 atom stereocenters. The zero-order chi connectivity index (χ0) is 22.0. The van der Waals surface area contributed by atoms with E-state index in [1.165, 1.54) is 11.3 Å². The molecule has 6 heteroatoms. The molecule has 0 bridgehead atoms. The second-order valence-electron chi connectivity index (χ2n) is 8.43. The third-order valence-corrected chi connectivity index (χ3v) is 6.72. The molecule has 1 fully saturated rings. The van der Waals surface area contributed by atoms with Gasteiger partial charge >= 0.3 is 0 Å². The fourth-order valence-corrected chi connectivity index (χ4v) is 4.52. The Kier molecular flexibility index (Phi) is 6.33. The van der Waals surface area contributed by atoms with E-state index in [0.29, 0.717) is 33.9 Å². The fourth-order valence-electron chi connectivity index (χ4n) is 4.33. The van der Waals surface area contributed by atoms with Gasteiger partial charge in [-0.05, 0) is 48.1 Å². The minimum absolute atomic E-state index is 0.0589. The average Bonchev–Trinajstić information content (AvgIpc) is 2.76. The first kappa shape index (κ1) is 21.4. The van der Waals surface area contributed by atoms with Gasteiger partial charge in [-0.15, -0.1) is 0 Å². The summed E-state index contributed by atoms with van der Waals surface area (Å²) < 4.78 is 5.88. The number of ether oxygens (including phenoxy) is 1. The maximum Gasteiger partial charge on any atom is 0.294 e. The largest absolute Gasteiger partial charge is 0.449 e. The number of halogens is 1. The summed E-state index contributed by atoms with van der Waals surface area (Å²) in [6.07, 6.45) is 4.90. The van der Waals surface area contributed by atoms with Gasteiger partial charge in [-0.3, -0.25) is 14.5 Å². The van der Waals surface area contributed by atoms with Gasteiger partial charge in [0.15, 0.2) is 11.5 Å². The molecule has 4 rings (SSSR count). The number of carbonyl (C=O) groups is 2. The number of para-hydroxylation sites is 2. The van der Waals surface area contributed by atoms with E-state index in [9.17, 15) is 9.59 Å². The van der Waals surface area contributed by atoms with E-state index in [2.05, 4.69) is 19.2 Å². The van der Waals surface area contributed by atoms with Crippen LogP contribution in [0.25, 0.3) is 6.08 Å². The highest BCUT2D eigenvalue weighted by Gasteiger charge is 2.33. The van der Waals surface area contributed by atoms with Gasteiger partial charge in [-0.1, -0.05) is 68.6 Å². The van der Waals surface area contributed by atoms with Crippen molar-refractivity contribution in [2.24, 2.45) is 11.8 Å². The Morgan fingerprint density at radius 1 is 1.16 bits per heavy atom. The standard InChI is InChI=1S/C25H27ClN2O3/c1-16-8-7-11-20(17(16)2)27-24(29)15-28-21-12-5-6-13-22(21)31-23(25(28)30)14-18-9-3-4-10-19(18)26/h3-6,9-10,12-14,16-17,20H,7-8,11,15H2,1-2H3,(H,27,29)/b23-14+/t16-,17+,20+/m1/s1. The van der Waals surface area contributed by atoms with E-state index in [1.807, 2.05) is 30.3 Å². The molecule has 0 radical (unpaired) electrons. The lowest BCUT2D eigenvalue weighted by Crippen LogP contribution is -2.49. The first-order valence-corrected chi connectivity index (χ1v) is 11.2. The number of anilines is 1. The number of carbonyl (C=O) groups excluding carboxylic acids is 2. The molecule has 0 saturated heterocycles. The van der Waals surface area contributed by atoms with Crippen molar-refractivity contribution in [2.45, 2.75) is 39.2 Å². The molecule has 1 N–H and O–H groups in total. The van der Waals surface area contributed by atoms with E-state index in [4.69, 9.17) is 16.3 Å². The number of benzene rings is 2. The molecule has 162 valence electrons. The molecule has 2 aromatic rings. The molecular formula is C25H27ClN2O3. The first-order valence-electron chi connectivity index (χ1n) is 10.8. The summed E-state index contributed by atoms with van der Waals surface area (Å²) in [4.78, 5) is 27.7. The molecule has 5 nitrogen and oxygen atoms in total. The van der Waals surface area contributed by atoms with Crippen molar-refractivity contribution < 1.29 is 14.3 Å². The SMILES string of the molecule is C[C@H]1[C@H](C)CCC[C@@H]1NC(=O)CN1C(=O)/C(=C\c2ccccc2Cl)Oc2ccccc21. The van der Waals surface area contributed by atoms with Crippen LogP contribution in [0.1, 0.15) is 38.7 Å². The number of fused-ring (bicyclic) bond motifs is 1. The fraction of sp³-hybridized carbons (Fsp3) is 0.360. The third-order valence-electron chi connectivity index (χ3n) is 6.38. The first-order chi connectivity index (χ1) is 14.9. The van der Waals surface area contributed by atoms with Gasteiger partial charge in [-0.25, -0.2) is 0 Å². The Morgan fingerprint density at radius 3 is 2.71 bits per heavy atom. The second kappa shape index (κ2) is 9.15. The van der Waals surface area contributed by atoms with Crippen LogP contribution in [-0.4, -0.2) is 24.4 Å². The third kappa shape index (κ3) is 4.62. The van der Waals surface area contributed by atoms with Gasteiger partial charge in [0.1, 0.15) is 6.54 Å². The molecule has 1 aliphatic carbocycles. The van der Waals surface area contributed by atoms with Crippen molar-refractivity contribution >= 4 is 35.2 Å². The number of hydrogen-bond donors (Lipinski definition) is 1. The highest BCUT2D eigenvalue weighted by Crippen LogP contribution is 2.36. The Bertz CT molecular complexity index is 1020. The molecule has 2 amide bonds. The van der Waals surface area contributed by atoms with Crippen molar-refractivity contribution in [3.63, 3.8) is 0 Å². The highest BCUT2D eigenvalue weighted by atomic mass is 35.5. The molecule has 0 unspecified atom stereocenters. The molecule has 1 aliphatic heterocycles. The highest BCUT2D eigenvalue weighted by molar-refractivity contribution is 6.32. The lowest BCUT2D eigenvalue weighted by molar-refractivity contribution is -0.124. The molecule has 1 saturated carbocycles. The van der Waals surface area contributed by atoms with Crippen molar-refractivity contribution in [3.05, 3.63) is 64.9 Å². The lowest BCUT2D eigenvalue weighted by Gasteiger charge is -2.35. The van der Waals surface area contributed by atoms with Crippen molar-refractivity contribution in [2.75, 3.05) is 11.4 Å². The lowest BCUT2D eigenvalue weighted by atomic mass is 9.78. The van der Waals surface area contributed by atoms with Gasteiger partial charge in [-0.2, -0.15) is 0 Å². The minimum atomic E-state index is -0.362. The van der Waals surface area contributed by atoms with E-state index in [0.717, 1.165) is 12.8 Å². The van der Waals surface area contributed by atoms with Crippen molar-refractivity contribution in [3.8, 4) is 5.75 Å². The van der Waals surface area contributed by atoms with Gasteiger partial charge in [0.25, 0.3) is 5.91 Å². The predicted molar refractivity (Wildman–Crippen MR) is 123 cm³/mol. The number of amides is 2. The van der Waals surface area contributed by atoms with E-state index < -0.39 is 0 Å². The molecule has 31 heavy (non-hydrogen) atoms. The van der Waals surface area contributed by atoms with E-state index in [1.54, 1.807) is 24.3 Å². The van der Waals surface area contributed by atoms with Crippen molar-refractivity contribution in [1.29, 1.82) is 0 Å². The molecular weight excluding hydrogens is 412 g/mol. The Hall–Kier alpha value is -2.79. The van der Waals surface area contributed by atoms with Crippen LogP contribution >= 0.6 is 11.6 Å². The van der Waals surface area contributed by atoms with Crippen LogP contribution in [-0.2, 0) is 9.59 Å². The van der Waals surface area contributed by atoms with Crippen LogP contribution in [0.15, 0.2) is 54.3 Å². The summed E-state index contributed by atoms with van der Waals surface area (Å²) in [5, 5.41) is 3.68. The molecule has 2 aliphatic rings. The number of rotatable bonds is 4. The Labute approximate surface area is 188 Å². The summed E-state index contributed by atoms with van der Waals surface area (Å²) in [5.41, 5.74) is 1.27. The molecule has 0 spiro atoms. The van der Waals surface area contributed by atoms with Crippen LogP contribution in [0.5, 0.6) is 5.75 Å². The smallest absolute Gasteiger partial charge is 0.294 e.